The molecule has 1 heteroatoms. The first kappa shape index (κ1) is 9.91. The molecule has 0 aromatic heterocycles. The van der Waals surface area contributed by atoms with Gasteiger partial charge in [-0.05, 0) is 22.4 Å². The lowest BCUT2D eigenvalue weighted by Gasteiger charge is -2.07. The third-order valence-corrected chi connectivity index (χ3v) is 2.95. The van der Waals surface area contributed by atoms with E-state index in [2.05, 4.69) is 0 Å². The van der Waals surface area contributed by atoms with E-state index in [9.17, 15) is 5.11 Å². The molecule has 17 heavy (non-hydrogen) atoms. The quantitative estimate of drug-likeness (QED) is 0.567. The van der Waals surface area contributed by atoms with Crippen LogP contribution in [0.2, 0.25) is 0 Å². The van der Waals surface area contributed by atoms with Crippen molar-refractivity contribution in [1.29, 1.82) is 0 Å². The zero-order chi connectivity index (χ0) is 11.7. The molecule has 0 spiro atoms. The molecule has 0 unspecified atom stereocenters. The SMILES string of the molecule is [O]c1ccc2ccccc2c1-c1ccccc1. The maximum Gasteiger partial charge on any atom is 0.187 e. The van der Waals surface area contributed by atoms with E-state index in [1.165, 1.54) is 0 Å². The summed E-state index contributed by atoms with van der Waals surface area (Å²) in [6, 6.07) is 21.3. The lowest BCUT2D eigenvalue weighted by molar-refractivity contribution is 0.357. The van der Waals surface area contributed by atoms with Crippen molar-refractivity contribution in [3.05, 3.63) is 66.7 Å². The van der Waals surface area contributed by atoms with Crippen LogP contribution in [0.5, 0.6) is 5.75 Å². The maximum atomic E-state index is 12.0. The van der Waals surface area contributed by atoms with Crippen LogP contribution in [0.4, 0.5) is 0 Å². The van der Waals surface area contributed by atoms with E-state index in [1.807, 2.05) is 60.7 Å². The molecule has 3 rings (SSSR count). The number of hydrogen-bond donors (Lipinski definition) is 0. The monoisotopic (exact) mass is 219 g/mol. The predicted molar refractivity (Wildman–Crippen MR) is 69.5 cm³/mol. The predicted octanol–water partition coefficient (Wildman–Crippen LogP) is 4.65. The molecule has 3 aromatic rings. The average molecular weight is 219 g/mol. The largest absolute Gasteiger partial charge is 0.289 e. The topological polar surface area (TPSA) is 19.9 Å². The molecule has 0 heterocycles. The summed E-state index contributed by atoms with van der Waals surface area (Å²) in [5.74, 6) is 0.0786. The minimum absolute atomic E-state index is 0.0786. The van der Waals surface area contributed by atoms with Gasteiger partial charge in [-0.2, -0.15) is 0 Å². The summed E-state index contributed by atoms with van der Waals surface area (Å²) in [5.41, 5.74) is 1.78. The Hall–Kier alpha value is -2.28. The van der Waals surface area contributed by atoms with Gasteiger partial charge in [-0.15, -0.1) is 0 Å². The van der Waals surface area contributed by atoms with E-state index in [0.29, 0.717) is 0 Å². The molecular formula is C16H11O. The Kier molecular flexibility index (Phi) is 2.30. The van der Waals surface area contributed by atoms with Crippen molar-refractivity contribution in [3.63, 3.8) is 0 Å². The van der Waals surface area contributed by atoms with Gasteiger partial charge in [-0.3, -0.25) is 5.11 Å². The van der Waals surface area contributed by atoms with E-state index < -0.39 is 0 Å². The number of benzene rings is 3. The highest BCUT2D eigenvalue weighted by Gasteiger charge is 2.09. The maximum absolute atomic E-state index is 12.0. The molecule has 3 aromatic carbocycles. The normalized spacial score (nSPS) is 10.6. The molecule has 0 aliphatic carbocycles. The van der Waals surface area contributed by atoms with Gasteiger partial charge >= 0.3 is 0 Å². The summed E-state index contributed by atoms with van der Waals surface area (Å²) in [6.45, 7) is 0. The molecule has 0 saturated heterocycles. The minimum Gasteiger partial charge on any atom is -0.289 e. The summed E-state index contributed by atoms with van der Waals surface area (Å²) in [4.78, 5) is 0. The number of hydrogen-bond acceptors (Lipinski definition) is 0. The fourth-order valence-electron chi connectivity index (χ4n) is 2.15. The molecule has 0 aliphatic rings. The molecule has 0 N–H and O–H groups in total. The van der Waals surface area contributed by atoms with Gasteiger partial charge in [0.1, 0.15) is 0 Å². The highest BCUT2D eigenvalue weighted by molar-refractivity contribution is 5.99. The van der Waals surface area contributed by atoms with Crippen LogP contribution in [-0.2, 0) is 5.11 Å². The zero-order valence-electron chi connectivity index (χ0n) is 9.26. The Bertz CT molecular complexity index is 657. The van der Waals surface area contributed by atoms with Crippen molar-refractivity contribution in [1.82, 2.24) is 0 Å². The zero-order valence-corrected chi connectivity index (χ0v) is 9.26. The Morgan fingerprint density at radius 2 is 1.35 bits per heavy atom. The molecule has 0 atom stereocenters. The van der Waals surface area contributed by atoms with Gasteiger partial charge in [-0.25, -0.2) is 0 Å². The van der Waals surface area contributed by atoms with Crippen LogP contribution in [0.15, 0.2) is 66.7 Å². The molecule has 1 nitrogen and oxygen atoms in total. The van der Waals surface area contributed by atoms with Gasteiger partial charge in [0, 0.05) is 5.56 Å². The summed E-state index contributed by atoms with van der Waals surface area (Å²) in [5, 5.41) is 14.2. The Morgan fingerprint density at radius 1 is 0.647 bits per heavy atom. The van der Waals surface area contributed by atoms with Crippen molar-refractivity contribution in [2.24, 2.45) is 0 Å². The molecular weight excluding hydrogens is 208 g/mol. The van der Waals surface area contributed by atoms with Gasteiger partial charge in [0.15, 0.2) is 5.75 Å². The Morgan fingerprint density at radius 3 is 2.18 bits per heavy atom. The van der Waals surface area contributed by atoms with E-state index in [4.69, 9.17) is 0 Å². The number of rotatable bonds is 1. The van der Waals surface area contributed by atoms with Crippen LogP contribution in [0.3, 0.4) is 0 Å². The van der Waals surface area contributed by atoms with Crippen LogP contribution < -0.4 is 0 Å². The van der Waals surface area contributed by atoms with Crippen LogP contribution in [-0.4, -0.2) is 0 Å². The van der Waals surface area contributed by atoms with Crippen LogP contribution in [0.25, 0.3) is 21.9 Å². The summed E-state index contributed by atoms with van der Waals surface area (Å²) < 4.78 is 0. The smallest absolute Gasteiger partial charge is 0.187 e. The van der Waals surface area contributed by atoms with E-state index in [-0.39, 0.29) is 5.75 Å². The molecule has 0 saturated carbocycles. The van der Waals surface area contributed by atoms with Gasteiger partial charge in [0.2, 0.25) is 0 Å². The lowest BCUT2D eigenvalue weighted by Crippen LogP contribution is -1.81. The summed E-state index contributed by atoms with van der Waals surface area (Å²) in [7, 11) is 0. The highest BCUT2D eigenvalue weighted by atomic mass is 16.3. The third-order valence-electron chi connectivity index (χ3n) is 2.95. The average Bonchev–Trinajstić information content (AvgIpc) is 2.39. The number of fused-ring (bicyclic) bond motifs is 1. The van der Waals surface area contributed by atoms with Crippen molar-refractivity contribution in [3.8, 4) is 16.9 Å². The Balaban J connectivity index is 2.39. The summed E-state index contributed by atoms with van der Waals surface area (Å²) >= 11 is 0. The van der Waals surface area contributed by atoms with Gasteiger partial charge < -0.3 is 0 Å². The fourth-order valence-corrected chi connectivity index (χ4v) is 2.15. The van der Waals surface area contributed by atoms with Crippen molar-refractivity contribution in [2.75, 3.05) is 0 Å². The van der Waals surface area contributed by atoms with Crippen LogP contribution in [0.1, 0.15) is 0 Å². The van der Waals surface area contributed by atoms with Gasteiger partial charge in [-0.1, -0.05) is 60.7 Å². The van der Waals surface area contributed by atoms with E-state index in [0.717, 1.165) is 21.9 Å². The molecule has 0 bridgehead atoms. The standard InChI is InChI=1S/C16H11O/c17-15-11-10-12-6-4-5-9-14(12)16(15)13-7-2-1-3-8-13/h1-11H. The molecule has 0 aliphatic heterocycles. The Labute approximate surface area is 100.0 Å². The molecule has 0 fully saturated rings. The first-order valence-corrected chi connectivity index (χ1v) is 5.60. The second-order valence-corrected chi connectivity index (χ2v) is 4.03. The van der Waals surface area contributed by atoms with Crippen molar-refractivity contribution < 1.29 is 5.11 Å². The van der Waals surface area contributed by atoms with Crippen LogP contribution in [0, 0.1) is 0 Å². The third kappa shape index (κ3) is 1.66. The van der Waals surface area contributed by atoms with Gasteiger partial charge in [0.05, 0.1) is 0 Å². The van der Waals surface area contributed by atoms with E-state index >= 15 is 0 Å². The lowest BCUT2D eigenvalue weighted by atomic mass is 9.97. The first-order chi connectivity index (χ1) is 8.36. The van der Waals surface area contributed by atoms with Crippen molar-refractivity contribution >= 4 is 10.8 Å². The van der Waals surface area contributed by atoms with Gasteiger partial charge in [0.25, 0.3) is 0 Å². The highest BCUT2D eigenvalue weighted by Crippen LogP contribution is 2.36. The first-order valence-electron chi connectivity index (χ1n) is 5.60. The fraction of sp³-hybridized carbons (Fsp3) is 0. The molecule has 0 amide bonds. The second kappa shape index (κ2) is 3.95. The van der Waals surface area contributed by atoms with Crippen LogP contribution >= 0.6 is 0 Å². The molecule has 1 radical (unpaired) electrons. The van der Waals surface area contributed by atoms with Crippen molar-refractivity contribution in [2.45, 2.75) is 0 Å². The molecule has 81 valence electrons. The second-order valence-electron chi connectivity index (χ2n) is 4.03. The minimum atomic E-state index is 0.0786. The summed E-state index contributed by atoms with van der Waals surface area (Å²) in [6.07, 6.45) is 0. The van der Waals surface area contributed by atoms with E-state index in [1.54, 1.807) is 6.07 Å².